The zero-order chi connectivity index (χ0) is 14.8. The van der Waals surface area contributed by atoms with Crippen LogP contribution in [0.3, 0.4) is 0 Å². The first-order valence-electron chi connectivity index (χ1n) is 7.39. The van der Waals surface area contributed by atoms with Gasteiger partial charge in [0.25, 0.3) is 5.91 Å². The molecule has 1 fully saturated rings. The fourth-order valence-electron chi connectivity index (χ4n) is 2.67. The van der Waals surface area contributed by atoms with Crippen LogP contribution in [0.5, 0.6) is 0 Å². The molecule has 112 valence electrons. The van der Waals surface area contributed by atoms with Crippen LogP contribution in [-0.4, -0.2) is 27.5 Å². The average Bonchev–Trinajstić information content (AvgIpc) is 3.15. The molecule has 2 aromatic rings. The van der Waals surface area contributed by atoms with E-state index < -0.39 is 0 Å². The highest BCUT2D eigenvalue weighted by atomic mass is 16.5. The van der Waals surface area contributed by atoms with Crippen molar-refractivity contribution in [3.05, 3.63) is 35.4 Å². The first-order chi connectivity index (χ1) is 10.2. The van der Waals surface area contributed by atoms with Crippen molar-refractivity contribution in [2.45, 2.75) is 45.6 Å². The summed E-state index contributed by atoms with van der Waals surface area (Å²) in [6, 6.07) is 3.37. The number of aromatic nitrogens is 2. The van der Waals surface area contributed by atoms with E-state index in [0.717, 1.165) is 31.4 Å². The molecule has 6 heteroatoms. The molecule has 0 N–H and O–H groups in total. The predicted octanol–water partition coefficient (Wildman–Crippen LogP) is 2.90. The monoisotopic (exact) mass is 289 g/mol. The number of hydrogen-bond donors (Lipinski definition) is 0. The number of nitrogens with zero attached hydrogens (tertiary/aromatic N) is 3. The second-order valence-corrected chi connectivity index (χ2v) is 5.32. The highest BCUT2D eigenvalue weighted by Gasteiger charge is 2.33. The first-order valence-corrected chi connectivity index (χ1v) is 7.39. The quantitative estimate of drug-likeness (QED) is 0.868. The number of furan rings is 1. The van der Waals surface area contributed by atoms with Gasteiger partial charge in [0.05, 0.1) is 0 Å². The van der Waals surface area contributed by atoms with Crippen LogP contribution in [0.4, 0.5) is 0 Å². The molecule has 0 radical (unpaired) electrons. The number of amides is 1. The van der Waals surface area contributed by atoms with Crippen LogP contribution in [0, 0.1) is 6.92 Å². The Labute approximate surface area is 123 Å². The van der Waals surface area contributed by atoms with E-state index in [9.17, 15) is 4.79 Å². The summed E-state index contributed by atoms with van der Waals surface area (Å²) in [5.41, 5.74) is 0. The van der Waals surface area contributed by atoms with Crippen LogP contribution < -0.4 is 0 Å². The van der Waals surface area contributed by atoms with E-state index in [1.807, 2.05) is 13.8 Å². The summed E-state index contributed by atoms with van der Waals surface area (Å²) in [7, 11) is 0. The molecule has 0 spiro atoms. The topological polar surface area (TPSA) is 72.4 Å². The summed E-state index contributed by atoms with van der Waals surface area (Å²) in [4.78, 5) is 18.8. The smallest absolute Gasteiger partial charge is 0.290 e. The van der Waals surface area contributed by atoms with Crippen molar-refractivity contribution in [2.75, 3.05) is 6.54 Å². The van der Waals surface area contributed by atoms with Gasteiger partial charge >= 0.3 is 0 Å². The van der Waals surface area contributed by atoms with Gasteiger partial charge in [-0.2, -0.15) is 4.98 Å². The van der Waals surface area contributed by atoms with E-state index in [1.54, 1.807) is 17.0 Å². The van der Waals surface area contributed by atoms with E-state index in [0.29, 0.717) is 24.0 Å². The molecule has 1 aliphatic rings. The Morgan fingerprint density at radius 1 is 1.43 bits per heavy atom. The fraction of sp³-hybridized carbons (Fsp3) is 0.533. The third kappa shape index (κ3) is 2.70. The second-order valence-electron chi connectivity index (χ2n) is 5.32. The van der Waals surface area contributed by atoms with Gasteiger partial charge in [0.1, 0.15) is 11.8 Å². The van der Waals surface area contributed by atoms with Crippen molar-refractivity contribution >= 4 is 5.91 Å². The summed E-state index contributed by atoms with van der Waals surface area (Å²) < 4.78 is 10.8. The Morgan fingerprint density at radius 3 is 2.95 bits per heavy atom. The molecular formula is C15H19N3O3. The van der Waals surface area contributed by atoms with Crippen LogP contribution in [0.1, 0.15) is 60.3 Å². The molecule has 1 atom stereocenters. The van der Waals surface area contributed by atoms with Gasteiger partial charge in [-0.15, -0.1) is 0 Å². The van der Waals surface area contributed by atoms with E-state index >= 15 is 0 Å². The molecule has 2 aromatic heterocycles. The lowest BCUT2D eigenvalue weighted by molar-refractivity contribution is 0.0528. The highest BCUT2D eigenvalue weighted by Crippen LogP contribution is 2.31. The van der Waals surface area contributed by atoms with Crippen LogP contribution in [0.2, 0.25) is 0 Å². The van der Waals surface area contributed by atoms with Gasteiger partial charge in [-0.25, -0.2) is 0 Å². The van der Waals surface area contributed by atoms with Gasteiger partial charge < -0.3 is 13.8 Å². The maximum Gasteiger partial charge on any atom is 0.290 e. The summed E-state index contributed by atoms with van der Waals surface area (Å²) in [6.45, 7) is 4.49. The van der Waals surface area contributed by atoms with Gasteiger partial charge in [0.15, 0.2) is 11.6 Å². The molecule has 0 bridgehead atoms. The molecule has 21 heavy (non-hydrogen) atoms. The Balaban J connectivity index is 1.85. The lowest BCUT2D eigenvalue weighted by Gasteiger charge is -2.32. The number of rotatable bonds is 3. The Hall–Kier alpha value is -2.11. The van der Waals surface area contributed by atoms with Crippen LogP contribution in [-0.2, 0) is 6.42 Å². The Kier molecular flexibility index (Phi) is 3.77. The molecule has 0 saturated carbocycles. The van der Waals surface area contributed by atoms with Crippen LogP contribution in [0.15, 0.2) is 21.1 Å². The van der Waals surface area contributed by atoms with Crippen molar-refractivity contribution in [2.24, 2.45) is 0 Å². The lowest BCUT2D eigenvalue weighted by Crippen LogP contribution is -2.38. The van der Waals surface area contributed by atoms with Crippen molar-refractivity contribution in [1.29, 1.82) is 0 Å². The molecule has 1 amide bonds. The van der Waals surface area contributed by atoms with Crippen molar-refractivity contribution < 1.29 is 13.7 Å². The molecule has 1 saturated heterocycles. The Morgan fingerprint density at radius 2 is 2.29 bits per heavy atom. The summed E-state index contributed by atoms with van der Waals surface area (Å²) in [5, 5.41) is 3.93. The van der Waals surface area contributed by atoms with Gasteiger partial charge in [-0.1, -0.05) is 12.1 Å². The number of carbonyl (C=O) groups is 1. The van der Waals surface area contributed by atoms with Crippen molar-refractivity contribution in [1.82, 2.24) is 15.0 Å². The zero-order valence-electron chi connectivity index (χ0n) is 12.3. The zero-order valence-corrected chi connectivity index (χ0v) is 12.3. The van der Waals surface area contributed by atoms with E-state index in [1.165, 1.54) is 0 Å². The third-order valence-corrected chi connectivity index (χ3v) is 3.80. The number of carbonyl (C=O) groups excluding carboxylic acids is 1. The summed E-state index contributed by atoms with van der Waals surface area (Å²) in [5.74, 6) is 2.21. The highest BCUT2D eigenvalue weighted by molar-refractivity contribution is 5.91. The average molecular weight is 289 g/mol. The fourth-order valence-corrected chi connectivity index (χ4v) is 2.67. The number of piperidine rings is 1. The van der Waals surface area contributed by atoms with Gasteiger partial charge in [0.2, 0.25) is 5.89 Å². The number of hydrogen-bond acceptors (Lipinski definition) is 5. The van der Waals surface area contributed by atoms with Crippen molar-refractivity contribution in [3.8, 4) is 0 Å². The lowest BCUT2D eigenvalue weighted by atomic mass is 10.0. The maximum atomic E-state index is 12.6. The van der Waals surface area contributed by atoms with E-state index in [4.69, 9.17) is 8.94 Å². The minimum absolute atomic E-state index is 0.107. The van der Waals surface area contributed by atoms with E-state index in [2.05, 4.69) is 10.1 Å². The largest absolute Gasteiger partial charge is 0.456 e. The molecule has 0 unspecified atom stereocenters. The molecule has 0 aliphatic carbocycles. The SMILES string of the molecule is CCc1noc([C@@H]2CCCCN2C(=O)c2ccc(C)o2)n1. The summed E-state index contributed by atoms with van der Waals surface area (Å²) in [6.07, 6.45) is 3.60. The van der Waals surface area contributed by atoms with Crippen LogP contribution in [0.25, 0.3) is 0 Å². The normalized spacial score (nSPS) is 19.0. The molecule has 6 nitrogen and oxygen atoms in total. The van der Waals surface area contributed by atoms with Crippen LogP contribution >= 0.6 is 0 Å². The summed E-state index contributed by atoms with van der Waals surface area (Å²) >= 11 is 0. The van der Waals surface area contributed by atoms with Gasteiger partial charge in [-0.05, 0) is 38.3 Å². The number of likely N-dealkylation sites (tertiary alicyclic amines) is 1. The molecule has 0 aromatic carbocycles. The van der Waals surface area contributed by atoms with Gasteiger partial charge in [0, 0.05) is 13.0 Å². The minimum Gasteiger partial charge on any atom is -0.456 e. The molecule has 3 rings (SSSR count). The van der Waals surface area contributed by atoms with E-state index in [-0.39, 0.29) is 11.9 Å². The third-order valence-electron chi connectivity index (χ3n) is 3.80. The first kappa shape index (κ1) is 13.9. The molecular weight excluding hydrogens is 270 g/mol. The maximum absolute atomic E-state index is 12.6. The Bertz CT molecular complexity index is 632. The van der Waals surface area contributed by atoms with Crippen molar-refractivity contribution in [3.63, 3.8) is 0 Å². The number of aryl methyl sites for hydroxylation is 2. The molecule has 3 heterocycles. The molecule has 1 aliphatic heterocycles. The standard InChI is InChI=1S/C15H19N3O3/c1-3-13-16-14(21-17-13)11-6-4-5-9-18(11)15(19)12-8-7-10(2)20-12/h7-8,11H,3-6,9H2,1-2H3/t11-/m0/s1. The minimum atomic E-state index is -0.149. The van der Waals surface area contributed by atoms with Gasteiger partial charge in [-0.3, -0.25) is 4.79 Å². The second kappa shape index (κ2) is 5.71. The predicted molar refractivity (Wildman–Crippen MR) is 74.7 cm³/mol.